The largest absolute Gasteiger partial charge is 0.494 e. The summed E-state index contributed by atoms with van der Waals surface area (Å²) in [5, 5.41) is 0. The first-order chi connectivity index (χ1) is 15.7. The second-order valence-corrected chi connectivity index (χ2v) is 10.3. The Hall–Kier alpha value is -1.53. The molecule has 5 nitrogen and oxygen atoms in total. The molecule has 0 radical (unpaired) electrons. The van der Waals surface area contributed by atoms with Crippen LogP contribution in [0.4, 0.5) is 0 Å². The summed E-state index contributed by atoms with van der Waals surface area (Å²) in [6.07, 6.45) is 14.3. The molecule has 1 aliphatic rings. The molecule has 1 fully saturated rings. The van der Waals surface area contributed by atoms with Gasteiger partial charge in [-0.05, 0) is 57.8 Å². The summed E-state index contributed by atoms with van der Waals surface area (Å²) < 4.78 is 23.3. The topological polar surface area (TPSA) is 54.0 Å². The van der Waals surface area contributed by atoms with E-state index in [1.807, 2.05) is 33.8 Å². The maximum absolute atomic E-state index is 12.2. The molecule has 0 N–H and O–H groups in total. The monoisotopic (exact) mass is 460 g/mol. The van der Waals surface area contributed by atoms with Crippen molar-refractivity contribution in [1.29, 1.82) is 0 Å². The van der Waals surface area contributed by atoms with Crippen LogP contribution < -0.4 is 10.2 Å². The third-order valence-corrected chi connectivity index (χ3v) is 6.89. The molecule has 0 unspecified atom stereocenters. The van der Waals surface area contributed by atoms with Gasteiger partial charge in [0.1, 0.15) is 5.75 Å². The van der Waals surface area contributed by atoms with E-state index in [1.54, 1.807) is 12.1 Å². The Morgan fingerprint density at radius 3 is 1.85 bits per heavy atom. The van der Waals surface area contributed by atoms with E-state index in [2.05, 4.69) is 6.92 Å². The number of carbonyl (C=O) groups excluding carboxylic acids is 1. The molecule has 0 spiro atoms. The van der Waals surface area contributed by atoms with Crippen LogP contribution in [0, 0.1) is 0 Å². The molecule has 0 bridgehead atoms. The first-order valence-electron chi connectivity index (χ1n) is 12.9. The van der Waals surface area contributed by atoms with Gasteiger partial charge in [0, 0.05) is 0 Å². The molecular formula is C27H45BO5. The summed E-state index contributed by atoms with van der Waals surface area (Å²) in [5.41, 5.74) is 0.314. The van der Waals surface area contributed by atoms with Crippen LogP contribution in [-0.2, 0) is 14.0 Å². The molecule has 1 aromatic carbocycles. The lowest BCUT2D eigenvalue weighted by molar-refractivity contribution is 0.00578. The molecule has 0 amide bonds. The molecule has 6 heteroatoms. The summed E-state index contributed by atoms with van der Waals surface area (Å²) in [7, 11) is 0.833. The molecule has 186 valence electrons. The van der Waals surface area contributed by atoms with Crippen LogP contribution in [0.2, 0.25) is 0 Å². The van der Waals surface area contributed by atoms with Gasteiger partial charge in [0.15, 0.2) is 0 Å². The van der Waals surface area contributed by atoms with Gasteiger partial charge in [-0.15, -0.1) is 0 Å². The summed E-state index contributed by atoms with van der Waals surface area (Å²) >= 11 is 0. The Kier molecular flexibility index (Phi) is 11.2. The van der Waals surface area contributed by atoms with Crippen LogP contribution in [0.15, 0.2) is 18.2 Å². The third-order valence-electron chi connectivity index (χ3n) is 6.89. The molecule has 1 saturated heterocycles. The van der Waals surface area contributed by atoms with Gasteiger partial charge in [0.2, 0.25) is 0 Å². The highest BCUT2D eigenvalue weighted by molar-refractivity contribution is 6.62. The zero-order valence-corrected chi connectivity index (χ0v) is 21.8. The number of hydrogen-bond donors (Lipinski definition) is 0. The lowest BCUT2D eigenvalue weighted by atomic mass is 9.78. The van der Waals surface area contributed by atoms with Crippen molar-refractivity contribution in [3.63, 3.8) is 0 Å². The van der Waals surface area contributed by atoms with E-state index in [-0.39, 0.29) is 0 Å². The molecule has 0 aliphatic carbocycles. The predicted molar refractivity (Wildman–Crippen MR) is 135 cm³/mol. The quantitative estimate of drug-likeness (QED) is 0.171. The Labute approximate surface area is 202 Å². The molecule has 1 heterocycles. The van der Waals surface area contributed by atoms with Gasteiger partial charge in [-0.3, -0.25) is 0 Å². The zero-order valence-electron chi connectivity index (χ0n) is 21.8. The number of methoxy groups -OCH3 is 1. The number of rotatable bonds is 15. The van der Waals surface area contributed by atoms with Crippen LogP contribution in [0.5, 0.6) is 5.75 Å². The lowest BCUT2D eigenvalue weighted by Gasteiger charge is -2.32. The first kappa shape index (κ1) is 27.7. The van der Waals surface area contributed by atoms with E-state index < -0.39 is 24.3 Å². The molecular weight excluding hydrogens is 415 g/mol. The second-order valence-electron chi connectivity index (χ2n) is 10.3. The molecule has 2 rings (SSSR count). The maximum atomic E-state index is 12.2. The standard InChI is InChI=1S/C27H45BO5/c1-7-8-9-10-11-12-13-14-15-16-17-18-31-24-20-22(25(29)30-6)19-23(21-24)28-32-26(2,3)27(4,5)33-28/h19-21H,7-18H2,1-6H3. The summed E-state index contributed by atoms with van der Waals surface area (Å²) in [6.45, 7) is 11.0. The Morgan fingerprint density at radius 1 is 0.818 bits per heavy atom. The summed E-state index contributed by atoms with van der Waals surface area (Å²) in [4.78, 5) is 12.2. The fraction of sp³-hybridized carbons (Fsp3) is 0.741. The van der Waals surface area contributed by atoms with Crippen molar-refractivity contribution < 1.29 is 23.6 Å². The summed E-state index contributed by atoms with van der Waals surface area (Å²) in [6, 6.07) is 5.41. The van der Waals surface area contributed by atoms with Gasteiger partial charge in [-0.1, -0.05) is 71.1 Å². The molecule has 0 aromatic heterocycles. The smallest absolute Gasteiger partial charge is 0.494 e. The number of hydrogen-bond acceptors (Lipinski definition) is 5. The van der Waals surface area contributed by atoms with Crippen LogP contribution in [0.25, 0.3) is 0 Å². The molecule has 1 aromatic rings. The molecule has 1 aliphatic heterocycles. The van der Waals surface area contributed by atoms with E-state index >= 15 is 0 Å². The minimum absolute atomic E-state index is 0.395. The van der Waals surface area contributed by atoms with Crippen LogP contribution in [0.3, 0.4) is 0 Å². The third kappa shape index (κ3) is 8.64. The van der Waals surface area contributed by atoms with Crippen molar-refractivity contribution in [2.24, 2.45) is 0 Å². The van der Waals surface area contributed by atoms with E-state index in [9.17, 15) is 4.79 Å². The Bertz CT molecular complexity index is 715. The Morgan fingerprint density at radius 2 is 1.33 bits per heavy atom. The highest BCUT2D eigenvalue weighted by Crippen LogP contribution is 2.36. The lowest BCUT2D eigenvalue weighted by Crippen LogP contribution is -2.41. The number of ether oxygens (including phenoxy) is 2. The van der Waals surface area contributed by atoms with Crippen molar-refractivity contribution in [3.8, 4) is 5.75 Å². The fourth-order valence-corrected chi connectivity index (χ4v) is 4.01. The summed E-state index contributed by atoms with van der Waals surface area (Å²) in [5.74, 6) is 0.252. The van der Waals surface area contributed by atoms with Gasteiger partial charge in [-0.25, -0.2) is 4.79 Å². The van der Waals surface area contributed by atoms with E-state index in [0.29, 0.717) is 17.9 Å². The van der Waals surface area contributed by atoms with E-state index in [1.165, 1.54) is 64.9 Å². The van der Waals surface area contributed by atoms with Crippen LogP contribution in [0.1, 0.15) is 116 Å². The second kappa shape index (κ2) is 13.4. The van der Waals surface area contributed by atoms with E-state index in [4.69, 9.17) is 18.8 Å². The van der Waals surface area contributed by atoms with Gasteiger partial charge in [-0.2, -0.15) is 0 Å². The highest BCUT2D eigenvalue weighted by Gasteiger charge is 2.51. The van der Waals surface area contributed by atoms with Crippen molar-refractivity contribution in [1.82, 2.24) is 0 Å². The van der Waals surface area contributed by atoms with Crippen LogP contribution >= 0.6 is 0 Å². The average molecular weight is 460 g/mol. The number of benzene rings is 1. The SMILES string of the molecule is CCCCCCCCCCCCCOc1cc(B2OC(C)(C)C(C)(C)O2)cc(C(=O)OC)c1. The Balaban J connectivity index is 1.80. The highest BCUT2D eigenvalue weighted by atomic mass is 16.7. The zero-order chi connectivity index (χ0) is 24.3. The van der Waals surface area contributed by atoms with Gasteiger partial charge in [0.25, 0.3) is 0 Å². The first-order valence-corrected chi connectivity index (χ1v) is 12.9. The predicted octanol–water partition coefficient (Wildman–Crippen LogP) is 6.46. The van der Waals surface area contributed by atoms with Gasteiger partial charge in [0.05, 0.1) is 30.5 Å². The maximum Gasteiger partial charge on any atom is 0.494 e. The van der Waals surface area contributed by atoms with E-state index in [0.717, 1.165) is 18.3 Å². The van der Waals surface area contributed by atoms with Crippen molar-refractivity contribution in [3.05, 3.63) is 23.8 Å². The van der Waals surface area contributed by atoms with Crippen molar-refractivity contribution in [2.75, 3.05) is 13.7 Å². The fourth-order valence-electron chi connectivity index (χ4n) is 4.01. The number of esters is 1. The molecule has 33 heavy (non-hydrogen) atoms. The van der Waals surface area contributed by atoms with Crippen LogP contribution in [-0.4, -0.2) is 38.0 Å². The van der Waals surface area contributed by atoms with Crippen molar-refractivity contribution >= 4 is 18.6 Å². The normalized spacial score (nSPS) is 16.7. The minimum atomic E-state index is -0.552. The van der Waals surface area contributed by atoms with Crippen molar-refractivity contribution in [2.45, 2.75) is 116 Å². The number of carbonyl (C=O) groups is 1. The minimum Gasteiger partial charge on any atom is -0.494 e. The average Bonchev–Trinajstić information content (AvgIpc) is 3.00. The molecule has 0 saturated carbocycles. The number of unbranched alkanes of at least 4 members (excludes halogenated alkanes) is 10. The van der Waals surface area contributed by atoms with Gasteiger partial charge < -0.3 is 18.8 Å². The molecule has 0 atom stereocenters. The van der Waals surface area contributed by atoms with Gasteiger partial charge >= 0.3 is 13.1 Å².